The molecule has 2 heterocycles. The van der Waals surface area contributed by atoms with Crippen molar-refractivity contribution in [2.75, 3.05) is 33.4 Å². The van der Waals surface area contributed by atoms with E-state index in [1.807, 2.05) is 11.4 Å². The molecule has 1 atom stereocenters. The molecule has 1 aliphatic rings. The number of carbonyl (C=O) groups excluding carboxylic acids is 1. The lowest BCUT2D eigenvalue weighted by Crippen LogP contribution is -2.58. The third kappa shape index (κ3) is 3.79. The fourth-order valence-corrected chi connectivity index (χ4v) is 3.12. The van der Waals surface area contributed by atoms with E-state index in [2.05, 4.69) is 10.7 Å². The molecule has 1 saturated heterocycles. The average Bonchev–Trinajstić information content (AvgIpc) is 2.94. The summed E-state index contributed by atoms with van der Waals surface area (Å²) in [5, 5.41) is 17.8. The first-order valence-electron chi connectivity index (χ1n) is 6.88. The van der Waals surface area contributed by atoms with Crippen LogP contribution in [0.5, 0.6) is 0 Å². The second-order valence-electron chi connectivity index (χ2n) is 5.16. The van der Waals surface area contributed by atoms with E-state index < -0.39 is 5.60 Å². The first-order valence-corrected chi connectivity index (χ1v) is 7.82. The first-order chi connectivity index (χ1) is 9.65. The minimum Gasteiger partial charge on any atom is -0.383 e. The van der Waals surface area contributed by atoms with Gasteiger partial charge in [-0.25, -0.2) is 0 Å². The van der Waals surface area contributed by atoms with Crippen molar-refractivity contribution in [1.29, 1.82) is 0 Å². The largest absolute Gasteiger partial charge is 0.383 e. The maximum absolute atomic E-state index is 12.3. The number of hydrogen-bond acceptors (Lipinski definition) is 5. The predicted octanol–water partition coefficient (Wildman–Crippen LogP) is 0.838. The van der Waals surface area contributed by atoms with Gasteiger partial charge in [-0.05, 0) is 35.2 Å². The zero-order valence-electron chi connectivity index (χ0n) is 11.8. The lowest BCUT2D eigenvalue weighted by atomic mass is 9.91. The van der Waals surface area contributed by atoms with Gasteiger partial charge in [-0.3, -0.25) is 4.79 Å². The molecule has 1 amide bonds. The molecular weight excluding hydrogens is 276 g/mol. The minimum atomic E-state index is -1.28. The van der Waals surface area contributed by atoms with Gasteiger partial charge < -0.3 is 20.1 Å². The van der Waals surface area contributed by atoms with Gasteiger partial charge in [0.2, 0.25) is 0 Å². The van der Waals surface area contributed by atoms with Crippen LogP contribution < -0.4 is 5.32 Å². The molecular formula is C14H22N2O3S. The summed E-state index contributed by atoms with van der Waals surface area (Å²) in [7, 11) is 1.61. The van der Waals surface area contributed by atoms with Crippen LogP contribution in [0.1, 0.15) is 18.4 Å². The highest BCUT2D eigenvalue weighted by Gasteiger charge is 2.41. The fraction of sp³-hybridized carbons (Fsp3) is 0.643. The van der Waals surface area contributed by atoms with E-state index in [1.165, 1.54) is 5.56 Å². The van der Waals surface area contributed by atoms with Gasteiger partial charge in [-0.1, -0.05) is 0 Å². The van der Waals surface area contributed by atoms with Gasteiger partial charge in [0.15, 0.2) is 5.60 Å². The van der Waals surface area contributed by atoms with Crippen LogP contribution in [0.4, 0.5) is 0 Å². The van der Waals surface area contributed by atoms with Crippen LogP contribution in [0.15, 0.2) is 16.8 Å². The van der Waals surface area contributed by atoms with Crippen molar-refractivity contribution in [2.45, 2.75) is 25.0 Å². The first kappa shape index (κ1) is 15.4. The van der Waals surface area contributed by atoms with Crippen LogP contribution in [-0.4, -0.2) is 54.9 Å². The zero-order chi connectivity index (χ0) is 14.4. The zero-order valence-corrected chi connectivity index (χ0v) is 12.6. The van der Waals surface area contributed by atoms with E-state index in [1.54, 1.807) is 23.3 Å². The molecule has 1 aliphatic heterocycles. The van der Waals surface area contributed by atoms with Gasteiger partial charge in [0.05, 0.1) is 6.61 Å². The quantitative estimate of drug-likeness (QED) is 0.783. The van der Waals surface area contributed by atoms with Crippen LogP contribution in [0, 0.1) is 0 Å². The second-order valence-corrected chi connectivity index (χ2v) is 5.94. The number of thiophene rings is 1. The highest BCUT2D eigenvalue weighted by Crippen LogP contribution is 2.22. The van der Waals surface area contributed by atoms with E-state index >= 15 is 0 Å². The molecule has 2 N–H and O–H groups in total. The Morgan fingerprint density at radius 3 is 3.15 bits per heavy atom. The molecule has 112 valence electrons. The molecule has 0 spiro atoms. The highest BCUT2D eigenvalue weighted by atomic mass is 32.1. The molecule has 0 bridgehead atoms. The van der Waals surface area contributed by atoms with Gasteiger partial charge in [0, 0.05) is 33.3 Å². The Kier molecular flexibility index (Phi) is 5.54. The normalized spacial score (nSPS) is 23.3. The molecule has 0 saturated carbocycles. The lowest BCUT2D eigenvalue weighted by molar-refractivity contribution is -0.157. The van der Waals surface area contributed by atoms with Gasteiger partial charge in [0.1, 0.15) is 0 Å². The molecule has 0 radical (unpaired) electrons. The number of methoxy groups -OCH3 is 1. The summed E-state index contributed by atoms with van der Waals surface area (Å²) in [4.78, 5) is 14.0. The summed E-state index contributed by atoms with van der Waals surface area (Å²) in [6, 6.07) is 2.04. The van der Waals surface area contributed by atoms with Gasteiger partial charge in [-0.15, -0.1) is 0 Å². The summed E-state index contributed by atoms with van der Waals surface area (Å²) in [6.07, 6.45) is 1.35. The predicted molar refractivity (Wildman–Crippen MR) is 78.7 cm³/mol. The number of nitrogens with one attached hydrogen (secondary N) is 1. The van der Waals surface area contributed by atoms with Crippen LogP contribution in [0.3, 0.4) is 0 Å². The number of likely N-dealkylation sites (tertiary alicyclic amines) is 1. The number of carbonyl (C=O) groups is 1. The lowest BCUT2D eigenvalue weighted by Gasteiger charge is -2.38. The molecule has 0 aromatic carbocycles. The molecule has 6 heteroatoms. The third-order valence-corrected chi connectivity index (χ3v) is 4.33. The van der Waals surface area contributed by atoms with E-state index in [-0.39, 0.29) is 5.91 Å². The van der Waals surface area contributed by atoms with Gasteiger partial charge in [-0.2, -0.15) is 11.3 Å². The van der Waals surface area contributed by atoms with Crippen LogP contribution >= 0.6 is 11.3 Å². The Hall–Kier alpha value is -0.950. The molecule has 0 unspecified atom stereocenters. The van der Waals surface area contributed by atoms with Crippen molar-refractivity contribution in [3.05, 3.63) is 22.4 Å². The summed E-state index contributed by atoms with van der Waals surface area (Å²) < 4.78 is 5.00. The van der Waals surface area contributed by atoms with Crippen molar-refractivity contribution >= 4 is 17.2 Å². The highest BCUT2D eigenvalue weighted by molar-refractivity contribution is 7.07. The Labute approximate surface area is 123 Å². The number of ether oxygens (including phenoxy) is 1. The summed E-state index contributed by atoms with van der Waals surface area (Å²) >= 11 is 1.64. The molecule has 5 nitrogen and oxygen atoms in total. The Bertz CT molecular complexity index is 424. The van der Waals surface area contributed by atoms with Gasteiger partial charge >= 0.3 is 0 Å². The third-order valence-electron chi connectivity index (χ3n) is 3.60. The molecule has 20 heavy (non-hydrogen) atoms. The van der Waals surface area contributed by atoms with E-state index in [4.69, 9.17) is 4.74 Å². The Morgan fingerprint density at radius 2 is 2.45 bits per heavy atom. The topological polar surface area (TPSA) is 61.8 Å². The molecule has 1 aromatic heterocycles. The smallest absolute Gasteiger partial charge is 0.255 e. The van der Waals surface area contributed by atoms with E-state index in [0.29, 0.717) is 39.2 Å². The number of piperidine rings is 1. The molecule has 1 fully saturated rings. The minimum absolute atomic E-state index is 0.182. The molecule has 2 rings (SSSR count). The number of rotatable bonds is 7. The second kappa shape index (κ2) is 7.17. The number of hydrogen-bond donors (Lipinski definition) is 2. The Balaban J connectivity index is 1.85. The number of nitrogens with zero attached hydrogens (tertiary/aromatic N) is 1. The van der Waals surface area contributed by atoms with Crippen molar-refractivity contribution in [3.63, 3.8) is 0 Å². The van der Waals surface area contributed by atoms with Crippen LogP contribution in [-0.2, 0) is 16.1 Å². The molecule has 0 aliphatic carbocycles. The average molecular weight is 298 g/mol. The SMILES string of the molecule is COCCN1CCC[C@](O)(CNCc2ccsc2)C1=O. The van der Waals surface area contributed by atoms with Crippen LogP contribution in [0.2, 0.25) is 0 Å². The summed E-state index contributed by atoms with van der Waals surface area (Å²) in [5.74, 6) is -0.182. The van der Waals surface area contributed by atoms with Crippen molar-refractivity contribution in [2.24, 2.45) is 0 Å². The number of amides is 1. The van der Waals surface area contributed by atoms with E-state index in [0.717, 1.165) is 6.42 Å². The van der Waals surface area contributed by atoms with Crippen molar-refractivity contribution < 1.29 is 14.6 Å². The standard InChI is InChI=1S/C14H22N2O3S/c1-19-7-6-16-5-2-4-14(18,13(16)17)11-15-9-12-3-8-20-10-12/h3,8,10,15,18H,2,4-7,9,11H2,1H3/t14-/m0/s1. The van der Waals surface area contributed by atoms with Crippen molar-refractivity contribution in [3.8, 4) is 0 Å². The Morgan fingerprint density at radius 1 is 1.60 bits per heavy atom. The molecule has 1 aromatic rings. The fourth-order valence-electron chi connectivity index (χ4n) is 2.45. The van der Waals surface area contributed by atoms with E-state index in [9.17, 15) is 9.90 Å². The number of aliphatic hydroxyl groups is 1. The van der Waals surface area contributed by atoms with Crippen LogP contribution in [0.25, 0.3) is 0 Å². The van der Waals surface area contributed by atoms with Crippen molar-refractivity contribution in [1.82, 2.24) is 10.2 Å². The summed E-state index contributed by atoms with van der Waals surface area (Å²) in [6.45, 7) is 2.73. The monoisotopic (exact) mass is 298 g/mol. The summed E-state index contributed by atoms with van der Waals surface area (Å²) in [5.41, 5.74) is -0.0970. The maximum atomic E-state index is 12.3. The maximum Gasteiger partial charge on any atom is 0.255 e. The van der Waals surface area contributed by atoms with Gasteiger partial charge in [0.25, 0.3) is 5.91 Å².